The molecule has 0 radical (unpaired) electrons. The van der Waals surface area contributed by atoms with E-state index in [-0.39, 0.29) is 17.5 Å². The van der Waals surface area contributed by atoms with Crippen molar-refractivity contribution >= 4 is 27.5 Å². The van der Waals surface area contributed by atoms with E-state index in [2.05, 4.69) is 17.2 Å². The van der Waals surface area contributed by atoms with Crippen LogP contribution in [0.1, 0.15) is 44.6 Å². The Kier molecular flexibility index (Phi) is 5.81. The maximum atomic E-state index is 13.1. The molecular formula is C23H27N3O2S. The predicted octanol–water partition coefficient (Wildman–Crippen LogP) is 4.52. The van der Waals surface area contributed by atoms with Crippen molar-refractivity contribution in [2.45, 2.75) is 58.5 Å². The number of thiophene rings is 1. The van der Waals surface area contributed by atoms with Gasteiger partial charge in [-0.05, 0) is 44.1 Å². The molecular weight excluding hydrogens is 382 g/mol. The molecule has 6 heteroatoms. The highest BCUT2D eigenvalue weighted by Crippen LogP contribution is 2.30. The van der Waals surface area contributed by atoms with Crippen LogP contribution in [0.4, 0.5) is 0 Å². The van der Waals surface area contributed by atoms with Crippen LogP contribution in [-0.4, -0.2) is 21.5 Å². The van der Waals surface area contributed by atoms with E-state index < -0.39 is 0 Å². The van der Waals surface area contributed by atoms with E-state index in [1.165, 1.54) is 29.7 Å². The van der Waals surface area contributed by atoms with E-state index in [0.717, 1.165) is 34.7 Å². The van der Waals surface area contributed by atoms with E-state index >= 15 is 0 Å². The molecule has 0 unspecified atom stereocenters. The molecule has 1 fully saturated rings. The van der Waals surface area contributed by atoms with Gasteiger partial charge in [-0.25, -0.2) is 4.98 Å². The standard InChI is InChI=1S/C23H27N3O2S/c1-15-3-7-17(8-4-15)19-13-29-22-21(19)23(28)26(14-24-22)12-11-20(27)25-18-9-5-16(2)6-10-18/h3-4,7-8,13-14,16,18H,5-6,9-12H2,1-2H3,(H,25,27). The van der Waals surface area contributed by atoms with Gasteiger partial charge in [-0.3, -0.25) is 14.2 Å². The molecule has 0 aliphatic heterocycles. The van der Waals surface area contributed by atoms with Gasteiger partial charge in [0.05, 0.1) is 11.7 Å². The summed E-state index contributed by atoms with van der Waals surface area (Å²) in [5.41, 5.74) is 3.04. The normalized spacial score (nSPS) is 19.4. The molecule has 0 bridgehead atoms. The van der Waals surface area contributed by atoms with Crippen molar-refractivity contribution in [3.05, 3.63) is 51.9 Å². The fraction of sp³-hybridized carbons (Fsp3) is 0.435. The minimum Gasteiger partial charge on any atom is -0.353 e. The van der Waals surface area contributed by atoms with Gasteiger partial charge in [-0.1, -0.05) is 36.8 Å². The number of amides is 1. The molecule has 1 saturated carbocycles. The first-order valence-electron chi connectivity index (χ1n) is 10.3. The van der Waals surface area contributed by atoms with Crippen LogP contribution in [0, 0.1) is 12.8 Å². The van der Waals surface area contributed by atoms with Gasteiger partial charge in [-0.15, -0.1) is 11.3 Å². The fourth-order valence-electron chi connectivity index (χ4n) is 4.00. The average molecular weight is 410 g/mol. The summed E-state index contributed by atoms with van der Waals surface area (Å²) in [6, 6.07) is 8.44. The SMILES string of the molecule is Cc1ccc(-c2csc3ncn(CCC(=O)NC4CCC(C)CC4)c(=O)c23)cc1. The van der Waals surface area contributed by atoms with Crippen molar-refractivity contribution in [2.75, 3.05) is 0 Å². The summed E-state index contributed by atoms with van der Waals surface area (Å²) in [7, 11) is 0. The molecule has 2 aromatic heterocycles. The molecule has 4 rings (SSSR count). The summed E-state index contributed by atoms with van der Waals surface area (Å²) in [6.07, 6.45) is 6.30. The first-order chi connectivity index (χ1) is 14.0. The average Bonchev–Trinajstić information content (AvgIpc) is 3.15. The molecule has 0 spiro atoms. The molecule has 2 heterocycles. The molecule has 29 heavy (non-hydrogen) atoms. The van der Waals surface area contributed by atoms with Gasteiger partial charge >= 0.3 is 0 Å². The number of aromatic nitrogens is 2. The third kappa shape index (κ3) is 4.42. The van der Waals surface area contributed by atoms with Crippen LogP contribution in [0.5, 0.6) is 0 Å². The van der Waals surface area contributed by atoms with E-state index in [4.69, 9.17) is 0 Å². The van der Waals surface area contributed by atoms with E-state index in [0.29, 0.717) is 18.4 Å². The third-order valence-electron chi connectivity index (χ3n) is 5.88. The highest BCUT2D eigenvalue weighted by Gasteiger charge is 2.20. The van der Waals surface area contributed by atoms with Crippen molar-refractivity contribution in [1.29, 1.82) is 0 Å². The van der Waals surface area contributed by atoms with Gasteiger partial charge in [0.25, 0.3) is 5.56 Å². The molecule has 5 nitrogen and oxygen atoms in total. The van der Waals surface area contributed by atoms with E-state index in [1.807, 2.05) is 36.6 Å². The monoisotopic (exact) mass is 409 g/mol. The lowest BCUT2D eigenvalue weighted by atomic mass is 9.87. The van der Waals surface area contributed by atoms with E-state index in [9.17, 15) is 9.59 Å². The highest BCUT2D eigenvalue weighted by molar-refractivity contribution is 7.17. The van der Waals surface area contributed by atoms with Crippen molar-refractivity contribution in [3.63, 3.8) is 0 Å². The van der Waals surface area contributed by atoms with Crippen LogP contribution in [0.3, 0.4) is 0 Å². The molecule has 152 valence electrons. The van der Waals surface area contributed by atoms with Crippen LogP contribution in [0.15, 0.2) is 40.8 Å². The first kappa shape index (κ1) is 19.8. The molecule has 0 saturated heterocycles. The molecule has 0 atom stereocenters. The Morgan fingerprint density at radius 3 is 2.66 bits per heavy atom. The zero-order chi connectivity index (χ0) is 20.4. The summed E-state index contributed by atoms with van der Waals surface area (Å²) >= 11 is 1.48. The Morgan fingerprint density at radius 2 is 1.93 bits per heavy atom. The molecule has 1 N–H and O–H groups in total. The largest absolute Gasteiger partial charge is 0.353 e. The second kappa shape index (κ2) is 8.49. The third-order valence-corrected chi connectivity index (χ3v) is 6.77. The molecule has 1 amide bonds. The number of benzene rings is 1. The van der Waals surface area contributed by atoms with Gasteiger partial charge in [-0.2, -0.15) is 0 Å². The summed E-state index contributed by atoms with van der Waals surface area (Å²) in [4.78, 5) is 30.6. The van der Waals surface area contributed by atoms with Gasteiger partial charge < -0.3 is 5.32 Å². The maximum absolute atomic E-state index is 13.1. The number of hydrogen-bond acceptors (Lipinski definition) is 4. The Balaban J connectivity index is 1.49. The van der Waals surface area contributed by atoms with Crippen molar-refractivity contribution in [1.82, 2.24) is 14.9 Å². The van der Waals surface area contributed by atoms with Crippen molar-refractivity contribution < 1.29 is 4.79 Å². The number of nitrogens with one attached hydrogen (secondary N) is 1. The van der Waals surface area contributed by atoms with Crippen molar-refractivity contribution in [2.24, 2.45) is 5.92 Å². The number of aryl methyl sites for hydroxylation is 2. The van der Waals surface area contributed by atoms with Crippen LogP contribution >= 0.6 is 11.3 Å². The zero-order valence-electron chi connectivity index (χ0n) is 17.0. The Bertz CT molecular complexity index is 1060. The van der Waals surface area contributed by atoms with Gasteiger partial charge in [0.15, 0.2) is 0 Å². The highest BCUT2D eigenvalue weighted by atomic mass is 32.1. The van der Waals surface area contributed by atoms with E-state index in [1.54, 1.807) is 10.9 Å². The Morgan fingerprint density at radius 1 is 1.21 bits per heavy atom. The number of carbonyl (C=O) groups excluding carboxylic acids is 1. The lowest BCUT2D eigenvalue weighted by Crippen LogP contribution is -2.38. The quantitative estimate of drug-likeness (QED) is 0.674. The second-order valence-corrected chi connectivity index (χ2v) is 9.07. The predicted molar refractivity (Wildman–Crippen MR) is 118 cm³/mol. The number of nitrogens with zero attached hydrogens (tertiary/aromatic N) is 2. The van der Waals surface area contributed by atoms with Crippen molar-refractivity contribution in [3.8, 4) is 11.1 Å². The Hall–Kier alpha value is -2.47. The topological polar surface area (TPSA) is 64.0 Å². The summed E-state index contributed by atoms with van der Waals surface area (Å²) < 4.78 is 1.56. The second-order valence-electron chi connectivity index (χ2n) is 8.21. The van der Waals surface area contributed by atoms with Gasteiger partial charge in [0.2, 0.25) is 5.91 Å². The summed E-state index contributed by atoms with van der Waals surface area (Å²) in [6.45, 7) is 4.66. The molecule has 3 aromatic rings. The zero-order valence-corrected chi connectivity index (χ0v) is 17.8. The Labute approximate surface area is 174 Å². The van der Waals surface area contributed by atoms with Crippen LogP contribution < -0.4 is 10.9 Å². The van der Waals surface area contributed by atoms with Crippen LogP contribution in [-0.2, 0) is 11.3 Å². The number of hydrogen-bond donors (Lipinski definition) is 1. The molecule has 1 aliphatic carbocycles. The summed E-state index contributed by atoms with van der Waals surface area (Å²) in [5.74, 6) is 0.772. The lowest BCUT2D eigenvalue weighted by molar-refractivity contribution is -0.122. The summed E-state index contributed by atoms with van der Waals surface area (Å²) in [5, 5.41) is 5.76. The number of carbonyl (C=O) groups is 1. The lowest BCUT2D eigenvalue weighted by Gasteiger charge is -2.26. The minimum absolute atomic E-state index is 0.0145. The molecule has 1 aliphatic rings. The van der Waals surface area contributed by atoms with Gasteiger partial charge in [0.1, 0.15) is 4.83 Å². The number of rotatable bonds is 5. The molecule has 1 aromatic carbocycles. The fourth-order valence-corrected chi connectivity index (χ4v) is 4.91. The maximum Gasteiger partial charge on any atom is 0.262 e. The first-order valence-corrected chi connectivity index (χ1v) is 11.2. The van der Waals surface area contributed by atoms with Crippen LogP contribution in [0.25, 0.3) is 21.3 Å². The number of fused-ring (bicyclic) bond motifs is 1. The van der Waals surface area contributed by atoms with Gasteiger partial charge in [0, 0.05) is 30.0 Å². The van der Waals surface area contributed by atoms with Crippen LogP contribution in [0.2, 0.25) is 0 Å². The minimum atomic E-state index is -0.0777. The smallest absolute Gasteiger partial charge is 0.262 e.